The summed E-state index contributed by atoms with van der Waals surface area (Å²) in [6.45, 7) is 4.69. The highest BCUT2D eigenvalue weighted by molar-refractivity contribution is 7.94. The van der Waals surface area contributed by atoms with E-state index in [1.54, 1.807) is 36.5 Å². The standard InChI is InChI=1S/C21H24N6O4S2/c1-15(28)22-14-19-6-7-21(32-19)33(29,30)26-17-4-2-16(3-5-17)24-20-12-18(13-23-25-20)27-8-10-31-11-9-27/h2-7,12-13,26H,8-11,14H2,1H3,(H,22,28)(H,24,25). The molecule has 4 rings (SSSR count). The monoisotopic (exact) mass is 488 g/mol. The number of rotatable bonds is 8. The smallest absolute Gasteiger partial charge is 0.271 e. The van der Waals surface area contributed by atoms with Gasteiger partial charge in [-0.05, 0) is 36.4 Å². The molecule has 3 aromatic rings. The fraction of sp³-hybridized carbons (Fsp3) is 0.286. The van der Waals surface area contributed by atoms with E-state index in [-0.39, 0.29) is 10.1 Å². The predicted molar refractivity (Wildman–Crippen MR) is 127 cm³/mol. The molecule has 0 spiro atoms. The largest absolute Gasteiger partial charge is 0.378 e. The number of nitrogens with zero attached hydrogens (tertiary/aromatic N) is 3. The fourth-order valence-electron chi connectivity index (χ4n) is 3.20. The SMILES string of the molecule is CC(=O)NCc1ccc(S(=O)(=O)Nc2ccc(Nc3cc(N4CCOCC4)cnn3)cc2)s1. The van der Waals surface area contributed by atoms with Crippen LogP contribution in [0.15, 0.2) is 52.9 Å². The third kappa shape index (κ3) is 6.18. The number of nitrogens with one attached hydrogen (secondary N) is 3. The number of anilines is 4. The normalized spacial score (nSPS) is 14.0. The van der Waals surface area contributed by atoms with E-state index < -0.39 is 10.0 Å². The number of carbonyl (C=O) groups is 1. The summed E-state index contributed by atoms with van der Waals surface area (Å²) in [5.74, 6) is 0.427. The molecule has 33 heavy (non-hydrogen) atoms. The molecule has 3 N–H and O–H groups in total. The van der Waals surface area contributed by atoms with E-state index in [1.165, 1.54) is 13.0 Å². The maximum atomic E-state index is 12.7. The van der Waals surface area contributed by atoms with Crippen molar-refractivity contribution in [3.8, 4) is 0 Å². The number of benzene rings is 1. The second-order valence-electron chi connectivity index (χ2n) is 7.34. The summed E-state index contributed by atoms with van der Waals surface area (Å²) < 4.78 is 33.5. The van der Waals surface area contributed by atoms with Crippen LogP contribution >= 0.6 is 11.3 Å². The molecule has 0 unspecified atom stereocenters. The highest BCUT2D eigenvalue weighted by atomic mass is 32.2. The summed E-state index contributed by atoms with van der Waals surface area (Å²) in [5, 5.41) is 14.0. The second kappa shape index (κ2) is 10.1. The van der Waals surface area contributed by atoms with Crippen LogP contribution in [0.3, 0.4) is 0 Å². The predicted octanol–water partition coefficient (Wildman–Crippen LogP) is 2.56. The van der Waals surface area contributed by atoms with Crippen molar-refractivity contribution in [2.75, 3.05) is 41.2 Å². The summed E-state index contributed by atoms with van der Waals surface area (Å²) in [6, 6.07) is 12.0. The zero-order valence-electron chi connectivity index (χ0n) is 17.9. The Balaban J connectivity index is 1.39. The van der Waals surface area contributed by atoms with Crippen LogP contribution in [-0.4, -0.2) is 50.8 Å². The van der Waals surface area contributed by atoms with Crippen LogP contribution in [0.2, 0.25) is 0 Å². The molecule has 0 aliphatic carbocycles. The Hall–Kier alpha value is -3.22. The third-order valence-electron chi connectivity index (χ3n) is 4.84. The van der Waals surface area contributed by atoms with Crippen LogP contribution < -0.4 is 20.3 Å². The first kappa shape index (κ1) is 23.0. The van der Waals surface area contributed by atoms with Gasteiger partial charge in [-0.2, -0.15) is 5.10 Å². The summed E-state index contributed by atoms with van der Waals surface area (Å²) in [7, 11) is -3.72. The molecule has 1 aliphatic rings. The second-order valence-corrected chi connectivity index (χ2v) is 10.4. The highest BCUT2D eigenvalue weighted by Gasteiger charge is 2.17. The molecule has 3 heterocycles. The van der Waals surface area contributed by atoms with E-state index in [1.807, 2.05) is 6.07 Å². The maximum absolute atomic E-state index is 12.7. The number of morpholine rings is 1. The van der Waals surface area contributed by atoms with Crippen molar-refractivity contribution < 1.29 is 17.9 Å². The Morgan fingerprint density at radius 1 is 1.12 bits per heavy atom. The molecule has 1 fully saturated rings. The van der Waals surface area contributed by atoms with Crippen LogP contribution in [-0.2, 0) is 26.1 Å². The lowest BCUT2D eigenvalue weighted by molar-refractivity contribution is -0.119. The molecule has 12 heteroatoms. The molecule has 0 atom stereocenters. The number of ether oxygens (including phenoxy) is 1. The van der Waals surface area contributed by atoms with Crippen LogP contribution in [0, 0.1) is 0 Å². The topological polar surface area (TPSA) is 126 Å². The lowest BCUT2D eigenvalue weighted by atomic mass is 10.3. The number of sulfonamides is 1. The van der Waals surface area contributed by atoms with Gasteiger partial charge in [0, 0.05) is 42.3 Å². The molecule has 1 amide bonds. The van der Waals surface area contributed by atoms with Gasteiger partial charge >= 0.3 is 0 Å². The number of aromatic nitrogens is 2. The van der Waals surface area contributed by atoms with Crippen molar-refractivity contribution in [2.45, 2.75) is 17.7 Å². The lowest BCUT2D eigenvalue weighted by Gasteiger charge is -2.28. The molecular formula is C21H24N6O4S2. The quantitative estimate of drug-likeness (QED) is 0.442. The molecule has 0 radical (unpaired) electrons. The Labute approximate surface area is 196 Å². The molecule has 0 saturated carbocycles. The van der Waals surface area contributed by atoms with Crippen LogP contribution in [0.4, 0.5) is 22.9 Å². The molecule has 174 valence electrons. The van der Waals surface area contributed by atoms with Crippen LogP contribution in [0.5, 0.6) is 0 Å². The molecule has 2 aromatic heterocycles. The molecular weight excluding hydrogens is 464 g/mol. The Morgan fingerprint density at radius 2 is 1.85 bits per heavy atom. The first-order valence-corrected chi connectivity index (χ1v) is 12.6. The van der Waals surface area contributed by atoms with Crippen molar-refractivity contribution in [3.63, 3.8) is 0 Å². The average Bonchev–Trinajstić information content (AvgIpc) is 3.30. The minimum Gasteiger partial charge on any atom is -0.378 e. The Morgan fingerprint density at radius 3 is 2.58 bits per heavy atom. The van der Waals surface area contributed by atoms with Gasteiger partial charge in [-0.15, -0.1) is 16.4 Å². The van der Waals surface area contributed by atoms with Crippen molar-refractivity contribution in [2.24, 2.45) is 0 Å². The summed E-state index contributed by atoms with van der Waals surface area (Å²) in [4.78, 5) is 14.0. The molecule has 10 nitrogen and oxygen atoms in total. The minimum absolute atomic E-state index is 0.168. The summed E-state index contributed by atoms with van der Waals surface area (Å²) in [5.41, 5.74) is 2.15. The average molecular weight is 489 g/mol. The van der Waals surface area contributed by atoms with E-state index in [0.717, 1.165) is 40.7 Å². The van der Waals surface area contributed by atoms with Crippen molar-refractivity contribution >= 4 is 50.1 Å². The Bertz CT molecular complexity index is 1210. The molecule has 1 aliphatic heterocycles. The first-order chi connectivity index (χ1) is 15.9. The zero-order chi connectivity index (χ0) is 23.3. The van der Waals surface area contributed by atoms with Gasteiger partial charge < -0.3 is 20.3 Å². The van der Waals surface area contributed by atoms with E-state index >= 15 is 0 Å². The highest BCUT2D eigenvalue weighted by Crippen LogP contribution is 2.26. The first-order valence-electron chi connectivity index (χ1n) is 10.3. The van der Waals surface area contributed by atoms with Gasteiger partial charge in [-0.1, -0.05) is 0 Å². The molecule has 1 saturated heterocycles. The van der Waals surface area contributed by atoms with Crippen molar-refractivity contribution in [1.29, 1.82) is 0 Å². The van der Waals surface area contributed by atoms with Gasteiger partial charge in [0.05, 0.1) is 31.6 Å². The molecule has 0 bridgehead atoms. The lowest BCUT2D eigenvalue weighted by Crippen LogP contribution is -2.36. The maximum Gasteiger partial charge on any atom is 0.271 e. The van der Waals surface area contributed by atoms with E-state index in [4.69, 9.17) is 4.74 Å². The number of hydrogen-bond donors (Lipinski definition) is 3. The number of carbonyl (C=O) groups excluding carboxylic acids is 1. The third-order valence-corrected chi connectivity index (χ3v) is 7.80. The van der Waals surface area contributed by atoms with Gasteiger partial charge in [-0.25, -0.2) is 8.42 Å². The van der Waals surface area contributed by atoms with Crippen molar-refractivity contribution in [1.82, 2.24) is 15.5 Å². The Kier molecular flexibility index (Phi) is 7.06. The van der Waals surface area contributed by atoms with Crippen LogP contribution in [0.1, 0.15) is 11.8 Å². The summed E-state index contributed by atoms with van der Waals surface area (Å²) >= 11 is 1.11. The van der Waals surface area contributed by atoms with E-state index in [2.05, 4.69) is 30.5 Å². The van der Waals surface area contributed by atoms with Gasteiger partial charge in [0.1, 0.15) is 4.21 Å². The number of hydrogen-bond acceptors (Lipinski definition) is 9. The van der Waals surface area contributed by atoms with Crippen LogP contribution in [0.25, 0.3) is 0 Å². The van der Waals surface area contributed by atoms with Crippen molar-refractivity contribution in [3.05, 3.63) is 53.5 Å². The van der Waals surface area contributed by atoms with Gasteiger partial charge in [0.2, 0.25) is 5.91 Å². The van der Waals surface area contributed by atoms with E-state index in [0.29, 0.717) is 31.3 Å². The number of thiophene rings is 1. The zero-order valence-corrected chi connectivity index (χ0v) is 19.6. The minimum atomic E-state index is -3.72. The van der Waals surface area contributed by atoms with Gasteiger partial charge in [-0.3, -0.25) is 9.52 Å². The molecule has 1 aromatic carbocycles. The summed E-state index contributed by atoms with van der Waals surface area (Å²) in [6.07, 6.45) is 1.72. The number of amides is 1. The fourth-order valence-corrected chi connectivity index (χ4v) is 5.55. The van der Waals surface area contributed by atoms with Gasteiger partial charge in [0.15, 0.2) is 5.82 Å². The van der Waals surface area contributed by atoms with E-state index in [9.17, 15) is 13.2 Å². The van der Waals surface area contributed by atoms with Gasteiger partial charge in [0.25, 0.3) is 10.0 Å².